The van der Waals surface area contributed by atoms with E-state index in [0.717, 1.165) is 41.2 Å². The zero-order valence-electron chi connectivity index (χ0n) is 12.5. The molecule has 1 aliphatic rings. The fraction of sp³-hybridized carbons (Fsp3) is 0.533. The van der Waals surface area contributed by atoms with Gasteiger partial charge in [-0.2, -0.15) is 5.10 Å². The summed E-state index contributed by atoms with van der Waals surface area (Å²) in [6.07, 6.45) is 5.65. The summed E-state index contributed by atoms with van der Waals surface area (Å²) in [5.41, 5.74) is 10.7. The van der Waals surface area contributed by atoms with E-state index < -0.39 is 0 Å². The maximum atomic E-state index is 6.25. The predicted octanol–water partition coefficient (Wildman–Crippen LogP) is 2.16. The topological polar surface area (TPSA) is 69.6 Å². The van der Waals surface area contributed by atoms with Crippen LogP contribution in [-0.4, -0.2) is 19.7 Å². The van der Waals surface area contributed by atoms with Gasteiger partial charge in [0, 0.05) is 36.2 Å². The Bertz CT molecular complexity index is 656. The second-order valence-electron chi connectivity index (χ2n) is 6.51. The first-order valence-electron chi connectivity index (χ1n) is 6.98. The van der Waals surface area contributed by atoms with Crippen molar-refractivity contribution < 1.29 is 0 Å². The predicted molar refractivity (Wildman–Crippen MR) is 78.0 cm³/mol. The smallest absolute Gasteiger partial charge is 0.162 e. The van der Waals surface area contributed by atoms with E-state index in [-0.39, 0.29) is 11.5 Å². The number of nitrogens with two attached hydrogens (primary N) is 1. The lowest BCUT2D eigenvalue weighted by atomic mass is 9.74. The van der Waals surface area contributed by atoms with Crippen LogP contribution < -0.4 is 5.73 Å². The number of aromatic nitrogens is 4. The number of hydrogen-bond acceptors (Lipinski definition) is 4. The number of fused-ring (bicyclic) bond motifs is 1. The molecule has 5 heteroatoms. The average molecular weight is 271 g/mol. The Balaban J connectivity index is 2.07. The summed E-state index contributed by atoms with van der Waals surface area (Å²) in [5.74, 6) is 0.749. The lowest BCUT2D eigenvalue weighted by molar-refractivity contribution is 0.278. The van der Waals surface area contributed by atoms with Crippen molar-refractivity contribution in [2.75, 3.05) is 0 Å². The summed E-state index contributed by atoms with van der Waals surface area (Å²) in [6, 6.07) is 0.0396. The van der Waals surface area contributed by atoms with Crippen molar-refractivity contribution in [3.05, 3.63) is 29.3 Å². The van der Waals surface area contributed by atoms with Gasteiger partial charge in [0.25, 0.3) is 0 Å². The van der Waals surface area contributed by atoms with E-state index in [0.29, 0.717) is 0 Å². The van der Waals surface area contributed by atoms with Crippen LogP contribution in [0.2, 0.25) is 0 Å². The van der Waals surface area contributed by atoms with E-state index in [1.807, 2.05) is 31.0 Å². The molecule has 2 heterocycles. The fourth-order valence-electron chi connectivity index (χ4n) is 2.96. The minimum absolute atomic E-state index is 0.0396. The summed E-state index contributed by atoms with van der Waals surface area (Å²) in [6.45, 7) is 6.51. The molecule has 2 N–H and O–H groups in total. The lowest BCUT2D eigenvalue weighted by Crippen LogP contribution is -2.30. The molecule has 2 aromatic rings. The van der Waals surface area contributed by atoms with Crippen molar-refractivity contribution in [3.8, 4) is 11.4 Å². The Morgan fingerprint density at radius 2 is 2.10 bits per heavy atom. The quantitative estimate of drug-likeness (QED) is 0.863. The third-order valence-electron chi connectivity index (χ3n) is 4.19. The highest BCUT2D eigenvalue weighted by molar-refractivity contribution is 5.57. The molecule has 0 amide bonds. The van der Waals surface area contributed by atoms with E-state index in [1.165, 1.54) is 0 Å². The minimum atomic E-state index is 0.0396. The van der Waals surface area contributed by atoms with Crippen LogP contribution in [0, 0.1) is 12.3 Å². The summed E-state index contributed by atoms with van der Waals surface area (Å²) >= 11 is 0. The zero-order valence-corrected chi connectivity index (χ0v) is 12.5. The molecule has 0 saturated heterocycles. The largest absolute Gasteiger partial charge is 0.324 e. The molecule has 1 unspecified atom stereocenters. The maximum absolute atomic E-state index is 6.25. The van der Waals surface area contributed by atoms with Crippen molar-refractivity contribution in [2.45, 2.75) is 39.7 Å². The Hall–Kier alpha value is -1.75. The first kappa shape index (κ1) is 13.2. The SMILES string of the molecule is Cc1c(-c2ncc3c(n2)CC(C)(C)CC3N)cnn1C. The molecule has 0 bridgehead atoms. The molecule has 3 rings (SSSR count). The van der Waals surface area contributed by atoms with Crippen LogP contribution in [0.4, 0.5) is 0 Å². The third kappa shape index (κ3) is 2.12. The van der Waals surface area contributed by atoms with Gasteiger partial charge < -0.3 is 5.73 Å². The van der Waals surface area contributed by atoms with Gasteiger partial charge in [0.2, 0.25) is 0 Å². The molecule has 0 aromatic carbocycles. The van der Waals surface area contributed by atoms with Crippen molar-refractivity contribution in [1.82, 2.24) is 19.7 Å². The van der Waals surface area contributed by atoms with Gasteiger partial charge in [0.1, 0.15) is 0 Å². The molecule has 0 aliphatic heterocycles. The first-order valence-corrected chi connectivity index (χ1v) is 6.98. The number of hydrogen-bond donors (Lipinski definition) is 1. The van der Waals surface area contributed by atoms with Gasteiger partial charge in [-0.25, -0.2) is 9.97 Å². The van der Waals surface area contributed by atoms with E-state index in [4.69, 9.17) is 10.7 Å². The van der Waals surface area contributed by atoms with Crippen LogP contribution in [-0.2, 0) is 13.5 Å². The van der Waals surface area contributed by atoms with Gasteiger partial charge >= 0.3 is 0 Å². The normalized spacial score (nSPS) is 20.8. The van der Waals surface area contributed by atoms with Gasteiger partial charge in [-0.1, -0.05) is 13.8 Å². The van der Waals surface area contributed by atoms with Crippen molar-refractivity contribution in [1.29, 1.82) is 0 Å². The minimum Gasteiger partial charge on any atom is -0.324 e. The zero-order chi connectivity index (χ0) is 14.5. The van der Waals surface area contributed by atoms with Gasteiger partial charge in [-0.05, 0) is 25.2 Å². The highest BCUT2D eigenvalue weighted by Crippen LogP contribution is 2.39. The molecule has 2 aromatic heterocycles. The number of nitrogens with zero attached hydrogens (tertiary/aromatic N) is 4. The molecule has 1 aliphatic carbocycles. The summed E-state index contributed by atoms with van der Waals surface area (Å²) in [5, 5.41) is 4.26. The van der Waals surface area contributed by atoms with Gasteiger partial charge in [0.05, 0.1) is 11.8 Å². The monoisotopic (exact) mass is 271 g/mol. The van der Waals surface area contributed by atoms with Crippen molar-refractivity contribution in [3.63, 3.8) is 0 Å². The van der Waals surface area contributed by atoms with Crippen LogP contribution >= 0.6 is 0 Å². The van der Waals surface area contributed by atoms with E-state index in [9.17, 15) is 0 Å². The van der Waals surface area contributed by atoms with Gasteiger partial charge in [-0.3, -0.25) is 4.68 Å². The molecule has 1 atom stereocenters. The second kappa shape index (κ2) is 4.38. The Kier molecular flexibility index (Phi) is 2.90. The standard InChI is InChI=1S/C15H21N5/c1-9-10(8-18-20(9)4)14-17-7-11-12(16)5-15(2,3)6-13(11)19-14/h7-8,12H,5-6,16H2,1-4H3. The van der Waals surface area contributed by atoms with E-state index in [1.54, 1.807) is 0 Å². The van der Waals surface area contributed by atoms with Crippen LogP contribution in [0.5, 0.6) is 0 Å². The fourth-order valence-corrected chi connectivity index (χ4v) is 2.96. The van der Waals surface area contributed by atoms with Gasteiger partial charge in [-0.15, -0.1) is 0 Å². The van der Waals surface area contributed by atoms with Crippen LogP contribution in [0.3, 0.4) is 0 Å². The Morgan fingerprint density at radius 1 is 1.35 bits per heavy atom. The lowest BCUT2D eigenvalue weighted by Gasteiger charge is -2.34. The number of aryl methyl sites for hydroxylation is 1. The van der Waals surface area contributed by atoms with Crippen molar-refractivity contribution >= 4 is 0 Å². The van der Waals surface area contributed by atoms with E-state index >= 15 is 0 Å². The maximum Gasteiger partial charge on any atom is 0.162 e. The van der Waals surface area contributed by atoms with Crippen LogP contribution in [0.15, 0.2) is 12.4 Å². The number of rotatable bonds is 1. The molecule has 0 radical (unpaired) electrons. The average Bonchev–Trinajstić information content (AvgIpc) is 2.68. The third-order valence-corrected chi connectivity index (χ3v) is 4.19. The molecular weight excluding hydrogens is 250 g/mol. The molecular formula is C15H21N5. The molecule has 20 heavy (non-hydrogen) atoms. The summed E-state index contributed by atoms with van der Waals surface area (Å²) in [4.78, 5) is 9.25. The highest BCUT2D eigenvalue weighted by atomic mass is 15.3. The molecule has 0 saturated carbocycles. The van der Waals surface area contributed by atoms with Gasteiger partial charge in [0.15, 0.2) is 5.82 Å². The van der Waals surface area contributed by atoms with Crippen LogP contribution in [0.25, 0.3) is 11.4 Å². The van der Waals surface area contributed by atoms with E-state index in [2.05, 4.69) is 23.9 Å². The summed E-state index contributed by atoms with van der Waals surface area (Å²) in [7, 11) is 1.93. The molecule has 0 spiro atoms. The second-order valence-corrected chi connectivity index (χ2v) is 6.51. The van der Waals surface area contributed by atoms with Crippen molar-refractivity contribution in [2.24, 2.45) is 18.2 Å². The molecule has 0 fully saturated rings. The molecule has 106 valence electrons. The highest BCUT2D eigenvalue weighted by Gasteiger charge is 2.32. The summed E-state index contributed by atoms with van der Waals surface area (Å²) < 4.78 is 1.84. The van der Waals surface area contributed by atoms with Crippen LogP contribution in [0.1, 0.15) is 43.3 Å². The Morgan fingerprint density at radius 3 is 2.75 bits per heavy atom. The molecule has 5 nitrogen and oxygen atoms in total. The Labute approximate surface area is 119 Å². The first-order chi connectivity index (χ1) is 9.37.